The lowest BCUT2D eigenvalue weighted by Gasteiger charge is -2.31. The first-order valence-corrected chi connectivity index (χ1v) is 10.6. The van der Waals surface area contributed by atoms with Crippen molar-refractivity contribution in [3.63, 3.8) is 0 Å². The number of fused-ring (bicyclic) bond motifs is 1. The van der Waals surface area contributed by atoms with Gasteiger partial charge in [0.15, 0.2) is 6.04 Å². The number of pyridine rings is 1. The molecule has 1 aliphatic heterocycles. The smallest absolute Gasteiger partial charge is 0.380 e. The fourth-order valence-electron chi connectivity index (χ4n) is 4.33. The Labute approximate surface area is 188 Å². The summed E-state index contributed by atoms with van der Waals surface area (Å²) in [6.07, 6.45) is -1.54. The average Bonchev–Trinajstić information content (AvgIpc) is 3.33. The molecule has 170 valence electrons. The van der Waals surface area contributed by atoms with Gasteiger partial charge in [0.2, 0.25) is 11.8 Å². The van der Waals surface area contributed by atoms with E-state index in [-0.39, 0.29) is 30.5 Å². The van der Waals surface area contributed by atoms with E-state index in [4.69, 9.17) is 11.6 Å². The standard InChI is InChI=1S/C22H22ClF3N4O2/c1-30(21(32)18-6-7-19(31)29-18)20(22(24,25)26)17-5-4-15(11-27-17)28-16-9-12-2-3-14(23)8-13(12)10-16/h2-5,8,11,16,18,20,28H,6-7,9-10H2,1H3,(H,29,31)/t16-,18+,20?/m0/s1. The van der Waals surface area contributed by atoms with Gasteiger partial charge in [-0.2, -0.15) is 13.2 Å². The quantitative estimate of drug-likeness (QED) is 0.705. The third-order valence-electron chi connectivity index (χ3n) is 5.88. The Bertz CT molecular complexity index is 1030. The van der Waals surface area contributed by atoms with Gasteiger partial charge in [0.05, 0.1) is 17.6 Å². The molecule has 3 atom stereocenters. The van der Waals surface area contributed by atoms with Crippen molar-refractivity contribution in [2.24, 2.45) is 0 Å². The van der Waals surface area contributed by atoms with Gasteiger partial charge < -0.3 is 15.5 Å². The van der Waals surface area contributed by atoms with Crippen LogP contribution < -0.4 is 10.6 Å². The van der Waals surface area contributed by atoms with E-state index in [9.17, 15) is 22.8 Å². The van der Waals surface area contributed by atoms with Crippen molar-refractivity contribution >= 4 is 29.1 Å². The summed E-state index contributed by atoms with van der Waals surface area (Å²) in [6, 6.07) is 5.48. The third-order valence-corrected chi connectivity index (χ3v) is 6.11. The number of likely N-dealkylation sites (N-methyl/N-ethyl adjacent to an activating group) is 1. The zero-order valence-corrected chi connectivity index (χ0v) is 18.0. The number of rotatable bonds is 5. The number of carbonyl (C=O) groups excluding carboxylic acids is 2. The lowest BCUT2D eigenvalue weighted by atomic mass is 10.1. The molecule has 1 saturated heterocycles. The van der Waals surface area contributed by atoms with Crippen LogP contribution in [0.5, 0.6) is 0 Å². The number of amides is 2. The van der Waals surface area contributed by atoms with Crippen LogP contribution in [-0.2, 0) is 22.4 Å². The van der Waals surface area contributed by atoms with Crippen LogP contribution in [0.1, 0.15) is 35.7 Å². The predicted octanol–water partition coefficient (Wildman–Crippen LogP) is 3.65. The van der Waals surface area contributed by atoms with Crippen LogP contribution in [0.4, 0.5) is 18.9 Å². The minimum absolute atomic E-state index is 0.0877. The SMILES string of the molecule is CN(C(=O)[C@H]1CCC(=O)N1)C(c1ccc(N[C@H]2Cc3ccc(Cl)cc3C2)cn1)C(F)(F)F. The number of anilines is 1. The first-order chi connectivity index (χ1) is 15.1. The number of nitrogens with zero attached hydrogens (tertiary/aromatic N) is 2. The number of hydrogen-bond acceptors (Lipinski definition) is 4. The molecule has 10 heteroatoms. The van der Waals surface area contributed by atoms with E-state index in [1.165, 1.54) is 23.9 Å². The van der Waals surface area contributed by atoms with Crippen molar-refractivity contribution < 1.29 is 22.8 Å². The lowest BCUT2D eigenvalue weighted by molar-refractivity contribution is -0.190. The van der Waals surface area contributed by atoms with E-state index < -0.39 is 24.2 Å². The number of alkyl halides is 3. The van der Waals surface area contributed by atoms with Gasteiger partial charge >= 0.3 is 6.18 Å². The Hall–Kier alpha value is -2.81. The maximum absolute atomic E-state index is 13.8. The fraction of sp³-hybridized carbons (Fsp3) is 0.409. The van der Waals surface area contributed by atoms with Gasteiger partial charge in [-0.05, 0) is 54.7 Å². The Balaban J connectivity index is 1.47. The highest BCUT2D eigenvalue weighted by Gasteiger charge is 2.47. The van der Waals surface area contributed by atoms with Crippen molar-refractivity contribution in [1.82, 2.24) is 15.2 Å². The summed E-state index contributed by atoms with van der Waals surface area (Å²) in [5, 5.41) is 6.39. The summed E-state index contributed by atoms with van der Waals surface area (Å²) in [7, 11) is 1.08. The maximum Gasteiger partial charge on any atom is 0.414 e. The van der Waals surface area contributed by atoms with Crippen molar-refractivity contribution in [3.8, 4) is 0 Å². The molecule has 2 heterocycles. The molecule has 0 radical (unpaired) electrons. The highest BCUT2D eigenvalue weighted by atomic mass is 35.5. The first kappa shape index (κ1) is 22.4. The third kappa shape index (κ3) is 4.67. The topological polar surface area (TPSA) is 74.3 Å². The minimum Gasteiger partial charge on any atom is -0.380 e. The molecule has 2 amide bonds. The molecule has 1 fully saturated rings. The van der Waals surface area contributed by atoms with Crippen molar-refractivity contribution in [2.45, 2.75) is 50.0 Å². The van der Waals surface area contributed by atoms with Gasteiger partial charge in [-0.25, -0.2) is 0 Å². The largest absolute Gasteiger partial charge is 0.414 e. The highest BCUT2D eigenvalue weighted by molar-refractivity contribution is 6.30. The summed E-state index contributed by atoms with van der Waals surface area (Å²) in [5.41, 5.74) is 2.64. The van der Waals surface area contributed by atoms with Gasteiger partial charge in [-0.3, -0.25) is 14.6 Å². The van der Waals surface area contributed by atoms with Crippen molar-refractivity contribution in [3.05, 3.63) is 58.4 Å². The molecule has 2 N–H and O–H groups in total. The van der Waals surface area contributed by atoms with Gasteiger partial charge in [0.1, 0.15) is 6.04 Å². The minimum atomic E-state index is -4.72. The second-order valence-corrected chi connectivity index (χ2v) is 8.62. The second-order valence-electron chi connectivity index (χ2n) is 8.19. The molecular formula is C22H22ClF3N4O2. The molecule has 1 aliphatic carbocycles. The zero-order chi connectivity index (χ0) is 23.0. The number of carbonyl (C=O) groups is 2. The average molecular weight is 467 g/mol. The van der Waals surface area contributed by atoms with Gasteiger partial charge in [-0.15, -0.1) is 0 Å². The molecular weight excluding hydrogens is 445 g/mol. The van der Waals surface area contributed by atoms with Gasteiger partial charge in [0.25, 0.3) is 0 Å². The number of aromatic nitrogens is 1. The van der Waals surface area contributed by atoms with E-state index in [1.54, 1.807) is 0 Å². The lowest BCUT2D eigenvalue weighted by Crippen LogP contribution is -2.47. The van der Waals surface area contributed by atoms with Crippen LogP contribution in [-0.4, -0.2) is 47.0 Å². The van der Waals surface area contributed by atoms with E-state index >= 15 is 0 Å². The maximum atomic E-state index is 13.8. The van der Waals surface area contributed by atoms with Crippen LogP contribution in [0.2, 0.25) is 5.02 Å². The van der Waals surface area contributed by atoms with Crippen LogP contribution in [0, 0.1) is 0 Å². The predicted molar refractivity (Wildman–Crippen MR) is 113 cm³/mol. The number of hydrogen-bond donors (Lipinski definition) is 2. The molecule has 1 unspecified atom stereocenters. The van der Waals surface area contributed by atoms with E-state index in [0.29, 0.717) is 15.6 Å². The Morgan fingerprint density at radius 1 is 1.25 bits per heavy atom. The normalized spacial score (nSPS) is 21.1. The van der Waals surface area contributed by atoms with Gasteiger partial charge in [0, 0.05) is 24.5 Å². The summed E-state index contributed by atoms with van der Waals surface area (Å²) in [6.45, 7) is 0. The Morgan fingerprint density at radius 3 is 2.62 bits per heavy atom. The molecule has 0 spiro atoms. The molecule has 2 aromatic rings. The summed E-state index contributed by atoms with van der Waals surface area (Å²) in [5.74, 6) is -1.13. The van der Waals surface area contributed by atoms with E-state index in [0.717, 1.165) is 25.5 Å². The number of halogens is 4. The Kier molecular flexibility index (Phi) is 6.03. The van der Waals surface area contributed by atoms with Crippen LogP contribution >= 0.6 is 11.6 Å². The first-order valence-electron chi connectivity index (χ1n) is 10.2. The summed E-state index contributed by atoms with van der Waals surface area (Å²) in [4.78, 5) is 28.5. The highest BCUT2D eigenvalue weighted by Crippen LogP contribution is 2.37. The van der Waals surface area contributed by atoms with E-state index in [1.807, 2.05) is 18.2 Å². The van der Waals surface area contributed by atoms with Crippen LogP contribution in [0.3, 0.4) is 0 Å². The second kappa shape index (κ2) is 8.61. The van der Waals surface area contributed by atoms with E-state index in [2.05, 4.69) is 15.6 Å². The molecule has 4 rings (SSSR count). The summed E-state index contributed by atoms with van der Waals surface area (Å²) >= 11 is 6.04. The fourth-order valence-corrected chi connectivity index (χ4v) is 4.53. The zero-order valence-electron chi connectivity index (χ0n) is 17.2. The summed E-state index contributed by atoms with van der Waals surface area (Å²) < 4.78 is 41.5. The molecule has 1 aromatic heterocycles. The molecule has 32 heavy (non-hydrogen) atoms. The van der Waals surface area contributed by atoms with Crippen molar-refractivity contribution in [2.75, 3.05) is 12.4 Å². The van der Waals surface area contributed by atoms with Crippen LogP contribution in [0.15, 0.2) is 36.5 Å². The monoisotopic (exact) mass is 466 g/mol. The number of benzene rings is 1. The van der Waals surface area contributed by atoms with Crippen molar-refractivity contribution in [1.29, 1.82) is 0 Å². The number of nitrogens with one attached hydrogen (secondary N) is 2. The molecule has 2 aliphatic rings. The Morgan fingerprint density at radius 2 is 2.00 bits per heavy atom. The molecule has 6 nitrogen and oxygen atoms in total. The van der Waals surface area contributed by atoms with Gasteiger partial charge in [-0.1, -0.05) is 17.7 Å². The van der Waals surface area contributed by atoms with Crippen LogP contribution in [0.25, 0.3) is 0 Å². The molecule has 0 saturated carbocycles. The molecule has 0 bridgehead atoms. The molecule has 1 aromatic carbocycles.